The summed E-state index contributed by atoms with van der Waals surface area (Å²) in [4.78, 5) is 41.3. The minimum absolute atomic E-state index is 0.111. The van der Waals surface area contributed by atoms with E-state index in [1.807, 2.05) is 0 Å². The Balaban J connectivity index is 2.42. The number of rotatable bonds is 9. The molecule has 0 aromatic heterocycles. The highest BCUT2D eigenvalue weighted by molar-refractivity contribution is 6.42. The molecular formula is C25H36Cl2N2O7. The van der Waals surface area contributed by atoms with Gasteiger partial charge < -0.3 is 28.7 Å². The molecule has 0 N–H and O–H groups in total. The van der Waals surface area contributed by atoms with Crippen LogP contribution in [-0.2, 0) is 23.8 Å². The lowest BCUT2D eigenvalue weighted by molar-refractivity contribution is -0.147. The van der Waals surface area contributed by atoms with Crippen LogP contribution < -0.4 is 4.74 Å². The zero-order valence-electron chi connectivity index (χ0n) is 21.9. The van der Waals surface area contributed by atoms with Crippen molar-refractivity contribution in [3.8, 4) is 5.75 Å². The molecule has 1 fully saturated rings. The molecule has 1 heterocycles. The third-order valence-electron chi connectivity index (χ3n) is 5.91. The molecule has 1 aromatic carbocycles. The second-order valence-electron chi connectivity index (χ2n) is 9.85. The van der Waals surface area contributed by atoms with Crippen LogP contribution >= 0.6 is 23.2 Å². The minimum Gasteiger partial charge on any atom is -0.496 e. The first kappa shape index (κ1) is 30.0. The summed E-state index contributed by atoms with van der Waals surface area (Å²) in [5.74, 6) is -0.967. The number of carbonyl (C=O) groups excluding carboxylic acids is 3. The minimum atomic E-state index is -0.712. The van der Waals surface area contributed by atoms with Gasteiger partial charge in [0.15, 0.2) is 0 Å². The number of hydrogen-bond acceptors (Lipinski definition) is 7. The smallest absolute Gasteiger partial charge is 0.410 e. The largest absolute Gasteiger partial charge is 0.496 e. The maximum Gasteiger partial charge on any atom is 0.410 e. The second-order valence-corrected chi connectivity index (χ2v) is 10.6. The average Bonchev–Trinajstić information content (AvgIpc) is 3.22. The third-order valence-corrected chi connectivity index (χ3v) is 6.73. The summed E-state index contributed by atoms with van der Waals surface area (Å²) in [6.07, 6.45) is -0.0359. The van der Waals surface area contributed by atoms with Crippen molar-refractivity contribution >= 4 is 41.2 Å². The number of methoxy groups -OCH3 is 3. The predicted molar refractivity (Wildman–Crippen MR) is 137 cm³/mol. The maximum absolute atomic E-state index is 13.2. The Morgan fingerprint density at radius 1 is 1.17 bits per heavy atom. The van der Waals surface area contributed by atoms with Crippen molar-refractivity contribution in [2.75, 3.05) is 47.6 Å². The molecule has 1 unspecified atom stereocenters. The van der Waals surface area contributed by atoms with Gasteiger partial charge in [-0.2, -0.15) is 0 Å². The van der Waals surface area contributed by atoms with Gasteiger partial charge in [0.05, 0.1) is 36.2 Å². The van der Waals surface area contributed by atoms with E-state index in [1.54, 1.807) is 51.8 Å². The lowest BCUT2D eigenvalue weighted by Crippen LogP contribution is -2.49. The number of esters is 1. The van der Waals surface area contributed by atoms with Crippen LogP contribution in [0.3, 0.4) is 0 Å². The van der Waals surface area contributed by atoms with Gasteiger partial charge in [0.2, 0.25) is 5.91 Å². The van der Waals surface area contributed by atoms with Crippen molar-refractivity contribution in [2.24, 2.45) is 5.92 Å². The first-order chi connectivity index (χ1) is 16.8. The monoisotopic (exact) mass is 546 g/mol. The van der Waals surface area contributed by atoms with Crippen LogP contribution in [0, 0.1) is 5.92 Å². The van der Waals surface area contributed by atoms with Gasteiger partial charge in [0.25, 0.3) is 0 Å². The SMILES string of the molecule is COCC(=O)N(CC(C)C(=O)OC)C[C@@H]1C[C@H](c2c(OC)ccc(Cl)c2Cl)CN1C(=O)OC(C)(C)C. The number of nitrogens with zero attached hydrogens (tertiary/aromatic N) is 2. The number of halogens is 2. The van der Waals surface area contributed by atoms with E-state index in [0.717, 1.165) is 0 Å². The van der Waals surface area contributed by atoms with Crippen molar-refractivity contribution in [2.45, 2.75) is 51.7 Å². The summed E-state index contributed by atoms with van der Waals surface area (Å²) in [7, 11) is 4.26. The third kappa shape index (κ3) is 7.63. The van der Waals surface area contributed by atoms with Gasteiger partial charge in [0.1, 0.15) is 18.0 Å². The van der Waals surface area contributed by atoms with Gasteiger partial charge in [-0.15, -0.1) is 0 Å². The highest BCUT2D eigenvalue weighted by atomic mass is 35.5. The van der Waals surface area contributed by atoms with Gasteiger partial charge in [-0.25, -0.2) is 4.79 Å². The first-order valence-electron chi connectivity index (χ1n) is 11.7. The summed E-state index contributed by atoms with van der Waals surface area (Å²) >= 11 is 12.9. The van der Waals surface area contributed by atoms with Crippen LogP contribution in [0.5, 0.6) is 5.75 Å². The molecule has 0 spiro atoms. The number of likely N-dealkylation sites (tertiary alicyclic amines) is 1. The molecule has 1 aromatic rings. The Bertz CT molecular complexity index is 951. The van der Waals surface area contributed by atoms with Gasteiger partial charge in [-0.3, -0.25) is 9.59 Å². The van der Waals surface area contributed by atoms with Gasteiger partial charge in [0, 0.05) is 38.2 Å². The molecule has 0 radical (unpaired) electrons. The van der Waals surface area contributed by atoms with E-state index >= 15 is 0 Å². The highest BCUT2D eigenvalue weighted by Crippen LogP contribution is 2.43. The number of ether oxygens (including phenoxy) is 4. The molecule has 36 heavy (non-hydrogen) atoms. The van der Waals surface area contributed by atoms with E-state index in [4.69, 9.17) is 42.1 Å². The number of hydrogen-bond donors (Lipinski definition) is 0. The van der Waals surface area contributed by atoms with Crippen molar-refractivity contribution < 1.29 is 33.3 Å². The fourth-order valence-electron chi connectivity index (χ4n) is 4.30. The quantitative estimate of drug-likeness (QED) is 0.424. The molecule has 0 saturated carbocycles. The standard InChI is InChI=1S/C25H36Cl2N2O7/c1-15(23(31)35-7)11-28(20(30)14-33-5)13-17-10-16(12-29(17)24(32)36-25(2,3)4)21-19(34-6)9-8-18(26)22(21)27/h8-9,15-17H,10-14H2,1-7H3/t15?,16-,17-/m0/s1. The van der Waals surface area contributed by atoms with E-state index in [0.29, 0.717) is 27.8 Å². The molecule has 0 bridgehead atoms. The summed E-state index contributed by atoms with van der Waals surface area (Å²) in [5, 5.41) is 0.737. The van der Waals surface area contributed by atoms with E-state index in [1.165, 1.54) is 19.1 Å². The first-order valence-corrected chi connectivity index (χ1v) is 12.4. The van der Waals surface area contributed by atoms with E-state index < -0.39 is 29.6 Å². The van der Waals surface area contributed by atoms with Crippen LogP contribution in [0.4, 0.5) is 4.79 Å². The van der Waals surface area contributed by atoms with Crippen molar-refractivity contribution in [1.82, 2.24) is 9.80 Å². The van der Waals surface area contributed by atoms with Crippen molar-refractivity contribution in [3.63, 3.8) is 0 Å². The van der Waals surface area contributed by atoms with Crippen LogP contribution in [-0.4, -0.2) is 87.0 Å². The molecule has 202 valence electrons. The van der Waals surface area contributed by atoms with E-state index in [2.05, 4.69) is 0 Å². The van der Waals surface area contributed by atoms with E-state index in [-0.39, 0.29) is 38.1 Å². The summed E-state index contributed by atoms with van der Waals surface area (Å²) in [6, 6.07) is 2.97. The zero-order chi connectivity index (χ0) is 27.2. The van der Waals surface area contributed by atoms with Crippen LogP contribution in [0.1, 0.15) is 45.6 Å². The van der Waals surface area contributed by atoms with Crippen molar-refractivity contribution in [1.29, 1.82) is 0 Å². The average molecular weight is 547 g/mol. The molecule has 2 rings (SSSR count). The van der Waals surface area contributed by atoms with Crippen LogP contribution in [0.25, 0.3) is 0 Å². The summed E-state index contributed by atoms with van der Waals surface area (Å²) in [6.45, 7) is 7.45. The van der Waals surface area contributed by atoms with Gasteiger partial charge in [-0.05, 0) is 39.3 Å². The topological polar surface area (TPSA) is 94.6 Å². The van der Waals surface area contributed by atoms with Crippen LogP contribution in [0.15, 0.2) is 12.1 Å². The van der Waals surface area contributed by atoms with Gasteiger partial charge in [-0.1, -0.05) is 30.1 Å². The zero-order valence-corrected chi connectivity index (χ0v) is 23.4. The normalized spacial score (nSPS) is 18.5. The molecule has 3 atom stereocenters. The van der Waals surface area contributed by atoms with E-state index in [9.17, 15) is 14.4 Å². The Kier molecular flexibility index (Phi) is 10.7. The van der Waals surface area contributed by atoms with Crippen LogP contribution in [0.2, 0.25) is 10.0 Å². The predicted octanol–water partition coefficient (Wildman–Crippen LogP) is 4.38. The Morgan fingerprint density at radius 3 is 2.39 bits per heavy atom. The summed E-state index contributed by atoms with van der Waals surface area (Å²) < 4.78 is 21.1. The maximum atomic E-state index is 13.2. The molecule has 1 saturated heterocycles. The summed E-state index contributed by atoms with van der Waals surface area (Å²) in [5.41, 5.74) is -0.0174. The number of amides is 2. The molecule has 1 aliphatic rings. The van der Waals surface area contributed by atoms with Crippen molar-refractivity contribution in [3.05, 3.63) is 27.7 Å². The molecule has 0 aliphatic carbocycles. The molecular weight excluding hydrogens is 511 g/mol. The molecule has 9 nitrogen and oxygen atoms in total. The lowest BCUT2D eigenvalue weighted by atomic mass is 9.95. The fraction of sp³-hybridized carbons (Fsp3) is 0.640. The molecule has 1 aliphatic heterocycles. The number of carbonyl (C=O) groups is 3. The Hall–Kier alpha value is -2.23. The Morgan fingerprint density at radius 2 is 1.83 bits per heavy atom. The second kappa shape index (κ2) is 12.8. The Labute approximate surface area is 222 Å². The van der Waals surface area contributed by atoms with Gasteiger partial charge >= 0.3 is 12.1 Å². The fourth-order valence-corrected chi connectivity index (χ4v) is 4.78. The highest BCUT2D eigenvalue weighted by Gasteiger charge is 2.41. The molecule has 11 heteroatoms. The lowest BCUT2D eigenvalue weighted by Gasteiger charge is -2.33. The number of benzene rings is 1. The molecule has 2 amide bonds.